The molecule has 0 aliphatic carbocycles. The van der Waals surface area contributed by atoms with Crippen molar-refractivity contribution >= 4 is 39.5 Å². The lowest BCUT2D eigenvalue weighted by Crippen LogP contribution is -1.92. The van der Waals surface area contributed by atoms with Crippen molar-refractivity contribution in [3.05, 3.63) is 71.2 Å². The average Bonchev–Trinajstić information content (AvgIpc) is 2.52. The highest BCUT2D eigenvalue weighted by Gasteiger charge is 2.19. The molecule has 3 aromatic rings. The molecule has 0 bridgehead atoms. The van der Waals surface area contributed by atoms with Crippen LogP contribution in [0.2, 0.25) is 0 Å². The van der Waals surface area contributed by atoms with Gasteiger partial charge in [-0.15, -0.1) is 0 Å². The maximum absolute atomic E-state index is 3.57. The van der Waals surface area contributed by atoms with Crippen LogP contribution in [0.25, 0.3) is 11.1 Å². The third-order valence-corrected chi connectivity index (χ3v) is 6.50. The second-order valence-electron chi connectivity index (χ2n) is 4.79. The first-order valence-corrected chi connectivity index (χ1v) is 9.07. The Hall–Kier alpha value is -1.16. The van der Waals surface area contributed by atoms with E-state index in [1.807, 2.05) is 23.5 Å². The average molecular weight is 371 g/mol. The molecule has 0 fully saturated rings. The fourth-order valence-electron chi connectivity index (χ4n) is 2.43. The summed E-state index contributed by atoms with van der Waals surface area (Å²) in [5.74, 6) is 0. The lowest BCUT2D eigenvalue weighted by molar-refractivity contribution is 1.16. The Morgan fingerprint density at radius 2 is 1.38 bits per heavy atom. The predicted octanol–water partition coefficient (Wildman–Crippen LogP) is 6.73. The third kappa shape index (κ3) is 2.54. The highest BCUT2D eigenvalue weighted by Crippen LogP contribution is 2.51. The Morgan fingerprint density at radius 3 is 2.19 bits per heavy atom. The van der Waals surface area contributed by atoms with Crippen LogP contribution in [0.3, 0.4) is 0 Å². The lowest BCUT2D eigenvalue weighted by atomic mass is 10.1. The van der Waals surface area contributed by atoms with Crippen LogP contribution in [0.4, 0.5) is 0 Å². The number of benzene rings is 3. The Balaban J connectivity index is 1.86. The Morgan fingerprint density at radius 1 is 0.667 bits per heavy atom. The van der Waals surface area contributed by atoms with Gasteiger partial charge < -0.3 is 0 Å². The number of halogens is 1. The number of hydrogen-bond acceptors (Lipinski definition) is 2. The molecule has 3 heteroatoms. The van der Waals surface area contributed by atoms with Gasteiger partial charge in [0.25, 0.3) is 0 Å². The quantitative estimate of drug-likeness (QED) is 0.364. The van der Waals surface area contributed by atoms with Crippen molar-refractivity contribution in [2.24, 2.45) is 0 Å². The molecule has 0 saturated carbocycles. The van der Waals surface area contributed by atoms with Crippen molar-refractivity contribution in [3.63, 3.8) is 0 Å². The molecule has 0 atom stereocenters. The van der Waals surface area contributed by atoms with Crippen molar-refractivity contribution in [2.75, 3.05) is 0 Å². The van der Waals surface area contributed by atoms with Crippen molar-refractivity contribution in [1.82, 2.24) is 0 Å². The molecular weight excluding hydrogens is 360 g/mol. The van der Waals surface area contributed by atoms with E-state index < -0.39 is 0 Å². The van der Waals surface area contributed by atoms with Gasteiger partial charge in [0.05, 0.1) is 0 Å². The van der Waals surface area contributed by atoms with Gasteiger partial charge in [0.2, 0.25) is 0 Å². The molecule has 0 nitrogen and oxygen atoms in total. The minimum Gasteiger partial charge on any atom is -0.0877 e. The second kappa shape index (κ2) is 5.56. The maximum atomic E-state index is 3.57. The van der Waals surface area contributed by atoms with Gasteiger partial charge in [-0.3, -0.25) is 0 Å². The van der Waals surface area contributed by atoms with Crippen LogP contribution in [0.5, 0.6) is 0 Å². The molecule has 4 rings (SSSR count). The maximum Gasteiger partial charge on any atom is 0.0340 e. The largest absolute Gasteiger partial charge is 0.0877 e. The molecule has 102 valence electrons. The summed E-state index contributed by atoms with van der Waals surface area (Å²) in [6.45, 7) is 0. The molecule has 0 amide bonds. The summed E-state index contributed by atoms with van der Waals surface area (Å²) < 4.78 is 1.12. The highest BCUT2D eigenvalue weighted by molar-refractivity contribution is 9.10. The van der Waals surface area contributed by atoms with E-state index >= 15 is 0 Å². The lowest BCUT2D eigenvalue weighted by Gasteiger charge is -2.21. The van der Waals surface area contributed by atoms with Crippen molar-refractivity contribution in [1.29, 1.82) is 0 Å². The molecular formula is C18H11BrS2. The first-order chi connectivity index (χ1) is 10.3. The molecule has 0 radical (unpaired) electrons. The van der Waals surface area contributed by atoms with Crippen LogP contribution in [0.15, 0.2) is 90.8 Å². The van der Waals surface area contributed by atoms with Gasteiger partial charge in [-0.2, -0.15) is 0 Å². The SMILES string of the molecule is Brc1cccc(-c2cccc3c2Sc2ccccc2S3)c1. The van der Waals surface area contributed by atoms with Gasteiger partial charge in [0, 0.05) is 24.1 Å². The van der Waals surface area contributed by atoms with Crippen LogP contribution >= 0.6 is 39.5 Å². The predicted molar refractivity (Wildman–Crippen MR) is 94.3 cm³/mol. The summed E-state index contributed by atoms with van der Waals surface area (Å²) in [7, 11) is 0. The van der Waals surface area contributed by atoms with E-state index in [0.29, 0.717) is 0 Å². The Labute approximate surface area is 141 Å². The smallest absolute Gasteiger partial charge is 0.0340 e. The Bertz CT molecular complexity index is 827. The molecule has 0 unspecified atom stereocenters. The minimum atomic E-state index is 1.12. The monoisotopic (exact) mass is 370 g/mol. The Kier molecular flexibility index (Phi) is 3.57. The van der Waals surface area contributed by atoms with Crippen LogP contribution in [0, 0.1) is 0 Å². The summed E-state index contributed by atoms with van der Waals surface area (Å²) in [6.07, 6.45) is 0. The third-order valence-electron chi connectivity index (χ3n) is 3.40. The van der Waals surface area contributed by atoms with Crippen LogP contribution in [-0.2, 0) is 0 Å². The van der Waals surface area contributed by atoms with Gasteiger partial charge in [0.15, 0.2) is 0 Å². The van der Waals surface area contributed by atoms with Gasteiger partial charge in [-0.25, -0.2) is 0 Å². The van der Waals surface area contributed by atoms with Crippen LogP contribution < -0.4 is 0 Å². The van der Waals surface area contributed by atoms with E-state index in [9.17, 15) is 0 Å². The fourth-order valence-corrected chi connectivity index (χ4v) is 5.23. The molecule has 1 heterocycles. The van der Waals surface area contributed by atoms with Crippen molar-refractivity contribution in [3.8, 4) is 11.1 Å². The van der Waals surface area contributed by atoms with Crippen LogP contribution in [0.1, 0.15) is 0 Å². The standard InChI is InChI=1S/C18H11BrS2/c19-13-6-3-5-12(11-13)14-7-4-10-17-18(14)21-16-9-2-1-8-15(16)20-17/h1-11H. The van der Waals surface area contributed by atoms with Crippen molar-refractivity contribution in [2.45, 2.75) is 19.6 Å². The molecule has 3 aromatic carbocycles. The zero-order valence-electron chi connectivity index (χ0n) is 11.0. The van der Waals surface area contributed by atoms with E-state index in [1.165, 1.54) is 30.7 Å². The summed E-state index contributed by atoms with van der Waals surface area (Å²) in [5, 5.41) is 0. The minimum absolute atomic E-state index is 1.12. The number of rotatable bonds is 1. The van der Waals surface area contributed by atoms with Gasteiger partial charge >= 0.3 is 0 Å². The summed E-state index contributed by atoms with van der Waals surface area (Å²) in [6, 6.07) is 23.7. The van der Waals surface area contributed by atoms with E-state index in [-0.39, 0.29) is 0 Å². The molecule has 0 saturated heterocycles. The molecule has 1 aliphatic heterocycles. The molecule has 21 heavy (non-hydrogen) atoms. The van der Waals surface area contributed by atoms with Gasteiger partial charge in [-0.05, 0) is 41.5 Å². The van der Waals surface area contributed by atoms with E-state index in [0.717, 1.165) is 4.47 Å². The van der Waals surface area contributed by atoms with Crippen molar-refractivity contribution < 1.29 is 0 Å². The summed E-state index contributed by atoms with van der Waals surface area (Å²) >= 11 is 7.31. The second-order valence-corrected chi connectivity index (χ2v) is 7.85. The van der Waals surface area contributed by atoms with Crippen LogP contribution in [-0.4, -0.2) is 0 Å². The number of hydrogen-bond donors (Lipinski definition) is 0. The van der Waals surface area contributed by atoms with E-state index in [1.54, 1.807) is 0 Å². The zero-order chi connectivity index (χ0) is 14.2. The summed E-state index contributed by atoms with van der Waals surface area (Å²) in [4.78, 5) is 5.40. The molecule has 1 aliphatic rings. The first kappa shape index (κ1) is 13.5. The fraction of sp³-hybridized carbons (Fsp3) is 0. The zero-order valence-corrected chi connectivity index (χ0v) is 14.3. The molecule has 0 aromatic heterocycles. The highest BCUT2D eigenvalue weighted by atomic mass is 79.9. The topological polar surface area (TPSA) is 0 Å². The van der Waals surface area contributed by atoms with E-state index in [2.05, 4.69) is 82.7 Å². The normalized spacial score (nSPS) is 12.6. The molecule has 0 spiro atoms. The van der Waals surface area contributed by atoms with E-state index in [4.69, 9.17) is 0 Å². The van der Waals surface area contributed by atoms with Gasteiger partial charge in [-0.1, -0.05) is 75.9 Å². The first-order valence-electron chi connectivity index (χ1n) is 6.65. The summed E-state index contributed by atoms with van der Waals surface area (Å²) in [5.41, 5.74) is 2.56. The molecule has 0 N–H and O–H groups in total. The van der Waals surface area contributed by atoms with Gasteiger partial charge in [0.1, 0.15) is 0 Å². The number of fused-ring (bicyclic) bond motifs is 2.